The van der Waals surface area contributed by atoms with Crippen molar-refractivity contribution in [2.45, 2.75) is 6.61 Å². The maximum atomic E-state index is 12.3. The molecule has 3 rings (SSSR count). The number of benzene rings is 2. The van der Waals surface area contributed by atoms with Crippen molar-refractivity contribution in [1.29, 1.82) is 0 Å². The molecule has 0 fully saturated rings. The number of carbonyl (C=O) groups is 2. The molecule has 11 heteroatoms. The number of nitro benzene ring substituents is 1. The summed E-state index contributed by atoms with van der Waals surface area (Å²) in [6.45, 7) is -0.221. The molecule has 0 atom stereocenters. The van der Waals surface area contributed by atoms with Gasteiger partial charge in [-0.1, -0.05) is 0 Å². The zero-order valence-electron chi connectivity index (χ0n) is 17.3. The van der Waals surface area contributed by atoms with Gasteiger partial charge in [-0.05, 0) is 48.0 Å². The van der Waals surface area contributed by atoms with Crippen LogP contribution in [-0.4, -0.2) is 40.2 Å². The Balaban J connectivity index is 1.65. The number of ether oxygens (including phenoxy) is 2. The van der Waals surface area contributed by atoms with Crippen LogP contribution in [0.1, 0.15) is 32.0 Å². The van der Waals surface area contributed by atoms with E-state index in [4.69, 9.17) is 14.6 Å². The number of methoxy groups -OCH3 is 1. The minimum absolute atomic E-state index is 0.136. The summed E-state index contributed by atoms with van der Waals surface area (Å²) in [5, 5.41) is 23.6. The van der Waals surface area contributed by atoms with Crippen LogP contribution < -0.4 is 14.9 Å². The summed E-state index contributed by atoms with van der Waals surface area (Å²) in [4.78, 5) is 38.5. The van der Waals surface area contributed by atoms with Gasteiger partial charge in [0.25, 0.3) is 11.6 Å². The Morgan fingerprint density at radius 2 is 1.85 bits per heavy atom. The zero-order valence-corrected chi connectivity index (χ0v) is 17.3. The number of hydrogen-bond donors (Lipinski definition) is 2. The second-order valence-electron chi connectivity index (χ2n) is 6.50. The fraction of sp³-hybridized carbons (Fsp3) is 0.0909. The van der Waals surface area contributed by atoms with Crippen molar-refractivity contribution in [3.63, 3.8) is 0 Å². The van der Waals surface area contributed by atoms with Gasteiger partial charge in [-0.2, -0.15) is 5.10 Å². The van der Waals surface area contributed by atoms with Crippen molar-refractivity contribution in [3.05, 3.63) is 93.3 Å². The van der Waals surface area contributed by atoms with E-state index >= 15 is 0 Å². The van der Waals surface area contributed by atoms with Gasteiger partial charge in [0.15, 0.2) is 11.5 Å². The Morgan fingerprint density at radius 1 is 1.12 bits per heavy atom. The fourth-order valence-electron chi connectivity index (χ4n) is 2.61. The molecule has 0 unspecified atom stereocenters. The SMILES string of the molecule is COc1cc(/C=N/NC(=O)c2ccc(CO)nc2)ccc1OC(=O)c1ccc([N+](=O)[O-])cc1. The monoisotopic (exact) mass is 450 g/mol. The Kier molecular flexibility index (Phi) is 7.39. The lowest BCUT2D eigenvalue weighted by atomic mass is 10.2. The summed E-state index contributed by atoms with van der Waals surface area (Å²) in [6.07, 6.45) is 2.70. The molecule has 1 heterocycles. The van der Waals surface area contributed by atoms with Crippen molar-refractivity contribution < 1.29 is 29.1 Å². The summed E-state index contributed by atoms with van der Waals surface area (Å²) in [6, 6.07) is 12.7. The van der Waals surface area contributed by atoms with Crippen molar-refractivity contribution in [2.24, 2.45) is 5.10 Å². The first-order valence-electron chi connectivity index (χ1n) is 9.45. The van der Waals surface area contributed by atoms with Crippen molar-refractivity contribution >= 4 is 23.8 Å². The van der Waals surface area contributed by atoms with Crippen LogP contribution in [-0.2, 0) is 6.61 Å². The lowest BCUT2D eigenvalue weighted by Crippen LogP contribution is -2.18. The predicted molar refractivity (Wildman–Crippen MR) is 116 cm³/mol. The van der Waals surface area contributed by atoms with E-state index in [0.717, 1.165) is 0 Å². The molecule has 0 radical (unpaired) electrons. The number of non-ortho nitro benzene ring substituents is 1. The van der Waals surface area contributed by atoms with E-state index in [1.165, 1.54) is 62.0 Å². The highest BCUT2D eigenvalue weighted by Crippen LogP contribution is 2.28. The Labute approximate surface area is 187 Å². The van der Waals surface area contributed by atoms with Gasteiger partial charge in [-0.25, -0.2) is 10.2 Å². The van der Waals surface area contributed by atoms with Crippen LogP contribution in [0.15, 0.2) is 65.9 Å². The molecule has 0 aliphatic carbocycles. The van der Waals surface area contributed by atoms with E-state index in [9.17, 15) is 19.7 Å². The Morgan fingerprint density at radius 3 is 2.45 bits per heavy atom. The van der Waals surface area contributed by atoms with Gasteiger partial charge in [0.2, 0.25) is 0 Å². The number of nitro groups is 1. The summed E-state index contributed by atoms with van der Waals surface area (Å²) in [5.74, 6) is -0.817. The van der Waals surface area contributed by atoms with Crippen LogP contribution >= 0.6 is 0 Å². The highest BCUT2D eigenvalue weighted by atomic mass is 16.6. The number of pyridine rings is 1. The number of hydrogen-bond acceptors (Lipinski definition) is 9. The molecule has 1 aromatic heterocycles. The third-order valence-electron chi connectivity index (χ3n) is 4.33. The second kappa shape index (κ2) is 10.6. The molecule has 0 aliphatic heterocycles. The smallest absolute Gasteiger partial charge is 0.343 e. The third kappa shape index (κ3) is 5.95. The number of aliphatic hydroxyl groups is 1. The number of aliphatic hydroxyl groups excluding tert-OH is 1. The lowest BCUT2D eigenvalue weighted by molar-refractivity contribution is -0.384. The van der Waals surface area contributed by atoms with Crippen LogP contribution in [0.3, 0.4) is 0 Å². The second-order valence-corrected chi connectivity index (χ2v) is 6.50. The first kappa shape index (κ1) is 23.0. The molecule has 33 heavy (non-hydrogen) atoms. The maximum Gasteiger partial charge on any atom is 0.343 e. The highest BCUT2D eigenvalue weighted by Gasteiger charge is 2.14. The topological polar surface area (TPSA) is 153 Å². The molecule has 0 spiro atoms. The zero-order chi connectivity index (χ0) is 23.8. The standard InChI is InChI=1S/C22H18N4O7/c1-32-20-10-14(11-24-25-21(28)16-3-6-17(13-27)23-12-16)2-9-19(20)33-22(29)15-4-7-18(8-5-15)26(30)31/h2-12,27H,13H2,1H3,(H,25,28)/b24-11+. The van der Waals surface area contributed by atoms with Crippen LogP contribution in [0, 0.1) is 10.1 Å². The molecule has 11 nitrogen and oxygen atoms in total. The quantitative estimate of drug-likeness (QED) is 0.174. The minimum atomic E-state index is -0.710. The number of nitrogens with one attached hydrogen (secondary N) is 1. The molecular weight excluding hydrogens is 432 g/mol. The van der Waals surface area contributed by atoms with E-state index in [-0.39, 0.29) is 34.9 Å². The largest absolute Gasteiger partial charge is 0.493 e. The molecule has 0 saturated heterocycles. The van der Waals surface area contributed by atoms with Crippen molar-refractivity contribution in [1.82, 2.24) is 10.4 Å². The fourth-order valence-corrected chi connectivity index (χ4v) is 2.61. The van der Waals surface area contributed by atoms with Crippen molar-refractivity contribution in [3.8, 4) is 11.5 Å². The summed E-state index contributed by atoms with van der Waals surface area (Å²) < 4.78 is 10.6. The molecular formula is C22H18N4O7. The van der Waals surface area contributed by atoms with Gasteiger partial charge in [-0.15, -0.1) is 0 Å². The van der Waals surface area contributed by atoms with Gasteiger partial charge in [0, 0.05) is 18.3 Å². The number of rotatable bonds is 8. The number of hydrazone groups is 1. The Bertz CT molecular complexity index is 1190. The van der Waals surface area contributed by atoms with Crippen LogP contribution in [0.2, 0.25) is 0 Å². The molecule has 168 valence electrons. The maximum absolute atomic E-state index is 12.3. The minimum Gasteiger partial charge on any atom is -0.493 e. The van der Waals surface area contributed by atoms with E-state index in [0.29, 0.717) is 11.3 Å². The number of aromatic nitrogens is 1. The van der Waals surface area contributed by atoms with Gasteiger partial charge in [0.1, 0.15) is 0 Å². The lowest BCUT2D eigenvalue weighted by Gasteiger charge is -2.10. The molecule has 1 amide bonds. The summed E-state index contributed by atoms with van der Waals surface area (Å²) in [5.41, 5.74) is 3.62. The van der Waals surface area contributed by atoms with Crippen LogP contribution in [0.4, 0.5) is 5.69 Å². The molecule has 0 bridgehead atoms. The summed E-state index contributed by atoms with van der Waals surface area (Å²) >= 11 is 0. The van der Waals surface area contributed by atoms with Crippen molar-refractivity contribution in [2.75, 3.05) is 7.11 Å². The summed E-state index contributed by atoms with van der Waals surface area (Å²) in [7, 11) is 1.39. The first-order chi connectivity index (χ1) is 15.9. The van der Waals surface area contributed by atoms with Gasteiger partial charge >= 0.3 is 5.97 Å². The normalized spacial score (nSPS) is 10.6. The van der Waals surface area contributed by atoms with E-state index < -0.39 is 16.8 Å². The average molecular weight is 450 g/mol. The number of amides is 1. The number of esters is 1. The molecule has 2 N–H and O–H groups in total. The van der Waals surface area contributed by atoms with E-state index in [1.54, 1.807) is 12.1 Å². The molecule has 0 aliphatic rings. The molecule has 0 saturated carbocycles. The van der Waals surface area contributed by atoms with Crippen LogP contribution in [0.5, 0.6) is 11.5 Å². The first-order valence-corrected chi connectivity index (χ1v) is 9.45. The van der Waals surface area contributed by atoms with Gasteiger partial charge in [-0.3, -0.25) is 19.9 Å². The van der Waals surface area contributed by atoms with Crippen LogP contribution in [0.25, 0.3) is 0 Å². The average Bonchev–Trinajstić information content (AvgIpc) is 2.84. The number of carbonyl (C=O) groups excluding carboxylic acids is 2. The highest BCUT2D eigenvalue weighted by molar-refractivity contribution is 5.95. The van der Waals surface area contributed by atoms with Gasteiger partial charge < -0.3 is 14.6 Å². The van der Waals surface area contributed by atoms with E-state index in [2.05, 4.69) is 15.5 Å². The third-order valence-corrected chi connectivity index (χ3v) is 4.33. The number of nitrogens with zero attached hydrogens (tertiary/aromatic N) is 3. The Hall–Kier alpha value is -4.64. The van der Waals surface area contributed by atoms with E-state index in [1.807, 2.05) is 0 Å². The van der Waals surface area contributed by atoms with Gasteiger partial charge in [0.05, 0.1) is 41.7 Å². The molecule has 2 aromatic carbocycles. The predicted octanol–water partition coefficient (Wildman–Crippen LogP) is 2.47. The molecule has 3 aromatic rings.